The van der Waals surface area contributed by atoms with E-state index in [-0.39, 0.29) is 29.8 Å². The number of para-hydroxylation sites is 2. The molecule has 8 heteroatoms. The van der Waals surface area contributed by atoms with Gasteiger partial charge >= 0.3 is 0 Å². The Morgan fingerprint density at radius 3 is 2.12 bits per heavy atom. The number of hydrogen-bond donors (Lipinski definition) is 1. The zero-order chi connectivity index (χ0) is 22.7. The van der Waals surface area contributed by atoms with Gasteiger partial charge in [0.1, 0.15) is 17.3 Å². The van der Waals surface area contributed by atoms with E-state index in [1.165, 1.54) is 23.5 Å². The number of fused-ring (bicyclic) bond motifs is 2. The number of hydrogen-bond acceptors (Lipinski definition) is 4. The van der Waals surface area contributed by atoms with Gasteiger partial charge in [-0.15, -0.1) is 0 Å². The number of ether oxygens (including phenoxy) is 1. The van der Waals surface area contributed by atoms with Crippen molar-refractivity contribution in [1.29, 1.82) is 0 Å². The van der Waals surface area contributed by atoms with E-state index in [4.69, 9.17) is 4.74 Å². The summed E-state index contributed by atoms with van der Waals surface area (Å²) in [5.74, 6) is 0.705. The van der Waals surface area contributed by atoms with Crippen LogP contribution in [0.25, 0.3) is 0 Å². The normalized spacial score (nSPS) is 13.2. The highest BCUT2D eigenvalue weighted by Gasteiger charge is 2.28. The van der Waals surface area contributed by atoms with Crippen LogP contribution in [0, 0.1) is 5.82 Å². The summed E-state index contributed by atoms with van der Waals surface area (Å²) in [6.07, 6.45) is 0.500. The second kappa shape index (κ2) is 9.10. The fraction of sp³-hybridized carbons (Fsp3) is 0.208. The number of nitrogens with zero attached hydrogens (tertiary/aromatic N) is 1. The summed E-state index contributed by atoms with van der Waals surface area (Å²) in [5.41, 5.74) is 1.74. The number of amides is 1. The van der Waals surface area contributed by atoms with Crippen LogP contribution >= 0.6 is 0 Å². The van der Waals surface area contributed by atoms with E-state index >= 15 is 0 Å². The summed E-state index contributed by atoms with van der Waals surface area (Å²) in [4.78, 5) is 12.7. The molecule has 166 valence electrons. The summed E-state index contributed by atoms with van der Waals surface area (Å²) in [6, 6.07) is 19.4. The molecule has 0 aromatic heterocycles. The van der Waals surface area contributed by atoms with Gasteiger partial charge in [-0.2, -0.15) is 0 Å². The molecule has 0 unspecified atom stereocenters. The molecule has 1 heterocycles. The molecule has 0 spiro atoms. The molecule has 4 rings (SSSR count). The van der Waals surface area contributed by atoms with Crippen LogP contribution in [-0.2, 0) is 14.8 Å². The minimum absolute atomic E-state index is 0.0151. The molecule has 1 aliphatic rings. The molecule has 1 amide bonds. The molecule has 3 aromatic rings. The van der Waals surface area contributed by atoms with E-state index in [9.17, 15) is 17.6 Å². The topological polar surface area (TPSA) is 75.7 Å². The van der Waals surface area contributed by atoms with Crippen molar-refractivity contribution in [2.24, 2.45) is 0 Å². The number of nitrogens with one attached hydrogen (secondary N) is 1. The standard InChI is InChI=1S/C24H23FN2O4S/c1-27(32(29,30)18-14-12-17(25)13-15-18)16-6-11-23(28)26-24-19-7-2-4-9-21(19)31-22-10-5-3-8-20(22)24/h2-5,7-10,12-15,24H,6,11,16H2,1H3,(H,26,28). The lowest BCUT2D eigenvalue weighted by Crippen LogP contribution is -2.32. The molecule has 3 aromatic carbocycles. The van der Waals surface area contributed by atoms with E-state index in [2.05, 4.69) is 5.32 Å². The van der Waals surface area contributed by atoms with Crippen LogP contribution in [0.4, 0.5) is 4.39 Å². The van der Waals surface area contributed by atoms with Crippen molar-refractivity contribution in [2.75, 3.05) is 13.6 Å². The van der Waals surface area contributed by atoms with Gasteiger partial charge in [-0.25, -0.2) is 17.1 Å². The maximum absolute atomic E-state index is 13.1. The quantitative estimate of drug-likeness (QED) is 0.580. The third-order valence-electron chi connectivity index (χ3n) is 5.38. The first-order valence-corrected chi connectivity index (χ1v) is 11.7. The highest BCUT2D eigenvalue weighted by molar-refractivity contribution is 7.89. The SMILES string of the molecule is CN(CCCC(=O)NC1c2ccccc2Oc2ccccc21)S(=O)(=O)c1ccc(F)cc1. The van der Waals surface area contributed by atoms with E-state index in [1.54, 1.807) is 0 Å². The average Bonchev–Trinajstić information content (AvgIpc) is 2.79. The van der Waals surface area contributed by atoms with Crippen LogP contribution in [0.2, 0.25) is 0 Å². The number of benzene rings is 3. The first-order chi connectivity index (χ1) is 15.4. The predicted molar refractivity (Wildman–Crippen MR) is 118 cm³/mol. The molecular formula is C24H23FN2O4S. The smallest absolute Gasteiger partial charge is 0.242 e. The first-order valence-electron chi connectivity index (χ1n) is 10.2. The minimum atomic E-state index is -3.74. The van der Waals surface area contributed by atoms with Gasteiger partial charge in [0, 0.05) is 31.1 Å². The Balaban J connectivity index is 1.39. The van der Waals surface area contributed by atoms with Crippen molar-refractivity contribution in [1.82, 2.24) is 9.62 Å². The Hall–Kier alpha value is -3.23. The summed E-state index contributed by atoms with van der Waals surface area (Å²) in [7, 11) is -2.30. The lowest BCUT2D eigenvalue weighted by Gasteiger charge is -2.29. The maximum atomic E-state index is 13.1. The molecule has 1 aliphatic heterocycles. The monoisotopic (exact) mass is 454 g/mol. The average molecular weight is 455 g/mol. The fourth-order valence-corrected chi connectivity index (χ4v) is 4.88. The molecule has 0 fully saturated rings. The summed E-state index contributed by atoms with van der Waals surface area (Å²) in [5, 5.41) is 3.05. The summed E-state index contributed by atoms with van der Waals surface area (Å²) in [6.45, 7) is 0.161. The highest BCUT2D eigenvalue weighted by atomic mass is 32.2. The van der Waals surface area contributed by atoms with E-state index in [0.29, 0.717) is 17.9 Å². The molecule has 6 nitrogen and oxygen atoms in total. The van der Waals surface area contributed by atoms with Gasteiger partial charge in [0.05, 0.1) is 10.9 Å². The summed E-state index contributed by atoms with van der Waals surface area (Å²) < 4.78 is 45.4. The number of carbonyl (C=O) groups excluding carboxylic acids is 1. The van der Waals surface area contributed by atoms with Gasteiger partial charge in [0.25, 0.3) is 0 Å². The minimum Gasteiger partial charge on any atom is -0.457 e. The Kier molecular flexibility index (Phi) is 6.25. The lowest BCUT2D eigenvalue weighted by molar-refractivity contribution is -0.121. The van der Waals surface area contributed by atoms with Gasteiger partial charge in [0.15, 0.2) is 0 Å². The van der Waals surface area contributed by atoms with Crippen molar-refractivity contribution in [3.8, 4) is 11.5 Å². The Labute approximate surface area is 186 Å². The second-order valence-corrected chi connectivity index (χ2v) is 9.61. The van der Waals surface area contributed by atoms with E-state index in [0.717, 1.165) is 23.3 Å². The van der Waals surface area contributed by atoms with E-state index < -0.39 is 15.8 Å². The van der Waals surface area contributed by atoms with Crippen molar-refractivity contribution in [3.05, 3.63) is 89.7 Å². The van der Waals surface area contributed by atoms with Crippen LogP contribution in [-0.4, -0.2) is 32.2 Å². The van der Waals surface area contributed by atoms with Gasteiger partial charge < -0.3 is 10.1 Å². The second-order valence-electron chi connectivity index (χ2n) is 7.56. The largest absolute Gasteiger partial charge is 0.457 e. The fourth-order valence-electron chi connectivity index (χ4n) is 3.67. The van der Waals surface area contributed by atoms with Gasteiger partial charge in [-0.3, -0.25) is 4.79 Å². The van der Waals surface area contributed by atoms with Gasteiger partial charge in [-0.1, -0.05) is 36.4 Å². The number of sulfonamides is 1. The van der Waals surface area contributed by atoms with Crippen LogP contribution in [0.5, 0.6) is 11.5 Å². The predicted octanol–water partition coefficient (Wildman–Crippen LogP) is 4.24. The summed E-state index contributed by atoms with van der Waals surface area (Å²) >= 11 is 0. The van der Waals surface area contributed by atoms with Gasteiger partial charge in [-0.05, 0) is 42.8 Å². The van der Waals surface area contributed by atoms with E-state index in [1.807, 2.05) is 48.5 Å². The van der Waals surface area contributed by atoms with Gasteiger partial charge in [0.2, 0.25) is 15.9 Å². The van der Waals surface area contributed by atoms with Crippen LogP contribution < -0.4 is 10.1 Å². The van der Waals surface area contributed by atoms with Crippen LogP contribution in [0.15, 0.2) is 77.7 Å². The van der Waals surface area contributed by atoms with Crippen molar-refractivity contribution >= 4 is 15.9 Å². The molecule has 1 N–H and O–H groups in total. The maximum Gasteiger partial charge on any atom is 0.242 e. The van der Waals surface area contributed by atoms with Crippen LogP contribution in [0.3, 0.4) is 0 Å². The number of rotatable bonds is 7. The third kappa shape index (κ3) is 4.51. The molecular weight excluding hydrogens is 431 g/mol. The number of carbonyl (C=O) groups is 1. The molecule has 0 saturated heterocycles. The van der Waals surface area contributed by atoms with Crippen LogP contribution in [0.1, 0.15) is 30.0 Å². The van der Waals surface area contributed by atoms with Crippen molar-refractivity contribution < 1.29 is 22.3 Å². The molecule has 0 saturated carbocycles. The first kappa shape index (κ1) is 22.0. The Morgan fingerprint density at radius 2 is 1.53 bits per heavy atom. The lowest BCUT2D eigenvalue weighted by atomic mass is 9.94. The van der Waals surface area contributed by atoms with Crippen molar-refractivity contribution in [3.63, 3.8) is 0 Å². The molecule has 0 bridgehead atoms. The van der Waals surface area contributed by atoms with Crippen molar-refractivity contribution in [2.45, 2.75) is 23.8 Å². The third-order valence-corrected chi connectivity index (χ3v) is 7.26. The molecule has 0 aliphatic carbocycles. The zero-order valence-electron chi connectivity index (χ0n) is 17.5. The Bertz CT molecular complexity index is 1180. The molecule has 32 heavy (non-hydrogen) atoms. The Morgan fingerprint density at radius 1 is 0.969 bits per heavy atom. The number of halogens is 1. The zero-order valence-corrected chi connectivity index (χ0v) is 18.3. The highest BCUT2D eigenvalue weighted by Crippen LogP contribution is 2.42. The molecule has 0 radical (unpaired) electrons. The molecule has 0 atom stereocenters.